The molecule has 2 N–H and O–H groups in total. The average molecular weight is 260 g/mol. The van der Waals surface area contributed by atoms with Gasteiger partial charge in [-0.3, -0.25) is 4.90 Å². The van der Waals surface area contributed by atoms with Crippen LogP contribution in [0.4, 0.5) is 0 Å². The molecule has 17 heavy (non-hydrogen) atoms. The lowest BCUT2D eigenvalue weighted by Crippen LogP contribution is -2.50. The number of sulfone groups is 1. The minimum Gasteiger partial charge on any atom is -0.327 e. The maximum Gasteiger partial charge on any atom is 0.150 e. The Morgan fingerprint density at radius 3 is 2.59 bits per heavy atom. The van der Waals surface area contributed by atoms with Crippen LogP contribution in [0.3, 0.4) is 0 Å². The average Bonchev–Trinajstić information content (AvgIpc) is 2.28. The van der Waals surface area contributed by atoms with E-state index >= 15 is 0 Å². The van der Waals surface area contributed by atoms with E-state index in [0.717, 1.165) is 51.6 Å². The highest BCUT2D eigenvalue weighted by atomic mass is 32.2. The monoisotopic (exact) mass is 260 g/mol. The van der Waals surface area contributed by atoms with Gasteiger partial charge in [0.05, 0.1) is 5.25 Å². The van der Waals surface area contributed by atoms with Crippen LogP contribution in [0, 0.1) is 0 Å². The molecule has 1 heterocycles. The number of rotatable bonds is 2. The first-order valence-electron chi connectivity index (χ1n) is 6.65. The van der Waals surface area contributed by atoms with Crippen molar-refractivity contribution in [2.45, 2.75) is 55.9 Å². The van der Waals surface area contributed by atoms with Gasteiger partial charge in [-0.05, 0) is 38.6 Å². The second-order valence-corrected chi connectivity index (χ2v) is 7.99. The van der Waals surface area contributed by atoms with Crippen molar-refractivity contribution in [2.75, 3.05) is 19.3 Å². The van der Waals surface area contributed by atoms with E-state index in [4.69, 9.17) is 5.73 Å². The van der Waals surface area contributed by atoms with E-state index in [0.29, 0.717) is 6.04 Å². The summed E-state index contributed by atoms with van der Waals surface area (Å²) in [5.41, 5.74) is 5.99. The third-order valence-electron chi connectivity index (χ3n) is 4.21. The lowest BCUT2D eigenvalue weighted by molar-refractivity contribution is 0.121. The van der Waals surface area contributed by atoms with Gasteiger partial charge in [0.1, 0.15) is 9.84 Å². The van der Waals surface area contributed by atoms with Crippen molar-refractivity contribution in [1.82, 2.24) is 4.90 Å². The molecule has 0 bridgehead atoms. The second kappa shape index (κ2) is 5.24. The van der Waals surface area contributed by atoms with Crippen LogP contribution in [0.5, 0.6) is 0 Å². The number of nitrogens with two attached hydrogens (primary N) is 1. The van der Waals surface area contributed by atoms with Crippen LogP contribution < -0.4 is 5.73 Å². The Kier molecular flexibility index (Phi) is 4.10. The van der Waals surface area contributed by atoms with Gasteiger partial charge in [-0.1, -0.05) is 6.42 Å². The Balaban J connectivity index is 1.97. The van der Waals surface area contributed by atoms with E-state index < -0.39 is 9.84 Å². The summed E-state index contributed by atoms with van der Waals surface area (Å²) in [4.78, 5) is 2.42. The molecule has 2 rings (SSSR count). The van der Waals surface area contributed by atoms with Crippen molar-refractivity contribution in [3.05, 3.63) is 0 Å². The van der Waals surface area contributed by atoms with Crippen LogP contribution in [0.25, 0.3) is 0 Å². The Labute approximate surface area is 104 Å². The Morgan fingerprint density at radius 2 is 1.94 bits per heavy atom. The van der Waals surface area contributed by atoms with Gasteiger partial charge < -0.3 is 5.73 Å². The highest BCUT2D eigenvalue weighted by Gasteiger charge is 2.33. The summed E-state index contributed by atoms with van der Waals surface area (Å²) >= 11 is 0. The van der Waals surface area contributed by atoms with Crippen molar-refractivity contribution in [2.24, 2.45) is 5.73 Å². The molecule has 1 aliphatic heterocycles. The van der Waals surface area contributed by atoms with Gasteiger partial charge in [0.25, 0.3) is 0 Å². The van der Waals surface area contributed by atoms with Crippen LogP contribution in [0.15, 0.2) is 0 Å². The number of nitrogens with zero attached hydrogens (tertiary/aromatic N) is 1. The molecular formula is C12H24N2O2S. The molecule has 1 saturated carbocycles. The summed E-state index contributed by atoms with van der Waals surface area (Å²) < 4.78 is 23.3. The highest BCUT2D eigenvalue weighted by molar-refractivity contribution is 7.91. The molecule has 0 aromatic heterocycles. The minimum atomic E-state index is -2.87. The molecule has 0 aromatic carbocycles. The van der Waals surface area contributed by atoms with Crippen molar-refractivity contribution in [3.8, 4) is 0 Å². The topological polar surface area (TPSA) is 63.4 Å². The molecule has 100 valence electrons. The fourth-order valence-corrected chi connectivity index (χ4v) is 4.38. The summed E-state index contributed by atoms with van der Waals surface area (Å²) in [6, 6.07) is 0.720. The molecule has 0 amide bonds. The summed E-state index contributed by atoms with van der Waals surface area (Å²) in [6.45, 7) is 2.04. The lowest BCUT2D eigenvalue weighted by Gasteiger charge is -2.40. The zero-order chi connectivity index (χ0) is 12.5. The highest BCUT2D eigenvalue weighted by Crippen LogP contribution is 2.28. The predicted molar refractivity (Wildman–Crippen MR) is 69.7 cm³/mol. The first-order valence-corrected chi connectivity index (χ1v) is 8.61. The molecule has 0 spiro atoms. The fraction of sp³-hybridized carbons (Fsp3) is 1.00. The van der Waals surface area contributed by atoms with Crippen molar-refractivity contribution >= 4 is 9.84 Å². The van der Waals surface area contributed by atoms with Gasteiger partial charge in [0, 0.05) is 24.9 Å². The number of hydrogen-bond donors (Lipinski definition) is 1. The van der Waals surface area contributed by atoms with Gasteiger partial charge in [-0.25, -0.2) is 8.42 Å². The zero-order valence-corrected chi connectivity index (χ0v) is 11.5. The summed E-state index contributed by atoms with van der Waals surface area (Å²) in [5.74, 6) is 0. The number of hydrogen-bond acceptors (Lipinski definition) is 4. The van der Waals surface area contributed by atoms with Crippen LogP contribution in [0.2, 0.25) is 0 Å². The molecule has 3 unspecified atom stereocenters. The Morgan fingerprint density at radius 1 is 1.18 bits per heavy atom. The Bertz CT molecular complexity index is 356. The Hall–Kier alpha value is -0.130. The predicted octanol–water partition coefficient (Wildman–Crippen LogP) is 0.765. The molecule has 2 aliphatic rings. The second-order valence-electron chi connectivity index (χ2n) is 5.67. The fourth-order valence-electron chi connectivity index (χ4n) is 3.21. The van der Waals surface area contributed by atoms with E-state index in [2.05, 4.69) is 4.90 Å². The summed E-state index contributed by atoms with van der Waals surface area (Å²) in [7, 11) is -2.87. The zero-order valence-electron chi connectivity index (χ0n) is 10.6. The van der Waals surface area contributed by atoms with Gasteiger partial charge in [0.15, 0.2) is 0 Å². The van der Waals surface area contributed by atoms with Gasteiger partial charge in [-0.2, -0.15) is 0 Å². The molecule has 2 fully saturated rings. The molecule has 0 aromatic rings. The maximum atomic E-state index is 11.6. The lowest BCUT2D eigenvalue weighted by atomic mass is 9.91. The molecule has 3 atom stereocenters. The normalized spacial score (nSPS) is 36.9. The maximum absolute atomic E-state index is 11.6. The first-order chi connectivity index (χ1) is 7.97. The first kappa shape index (κ1) is 13.3. The SMILES string of the molecule is CS(=O)(=O)C1CCCC(N2CCCC(N)C2)C1. The van der Waals surface area contributed by atoms with Crippen LogP contribution in [-0.4, -0.2) is 50.0 Å². The number of likely N-dealkylation sites (tertiary alicyclic amines) is 1. The van der Waals surface area contributed by atoms with E-state index in [9.17, 15) is 8.42 Å². The molecule has 0 radical (unpaired) electrons. The van der Waals surface area contributed by atoms with E-state index in [1.165, 1.54) is 6.26 Å². The third kappa shape index (κ3) is 3.42. The minimum absolute atomic E-state index is 0.126. The van der Waals surface area contributed by atoms with Crippen LogP contribution in [0.1, 0.15) is 38.5 Å². The van der Waals surface area contributed by atoms with Crippen LogP contribution in [-0.2, 0) is 9.84 Å². The number of piperidine rings is 1. The van der Waals surface area contributed by atoms with Gasteiger partial charge in [0.2, 0.25) is 0 Å². The van der Waals surface area contributed by atoms with Crippen molar-refractivity contribution in [1.29, 1.82) is 0 Å². The van der Waals surface area contributed by atoms with E-state index in [-0.39, 0.29) is 11.3 Å². The molecule has 5 heteroatoms. The molecule has 1 saturated heterocycles. The largest absolute Gasteiger partial charge is 0.327 e. The van der Waals surface area contributed by atoms with E-state index in [1.807, 2.05) is 0 Å². The molecule has 1 aliphatic carbocycles. The van der Waals surface area contributed by atoms with Gasteiger partial charge >= 0.3 is 0 Å². The van der Waals surface area contributed by atoms with E-state index in [1.54, 1.807) is 0 Å². The molecule has 4 nitrogen and oxygen atoms in total. The van der Waals surface area contributed by atoms with Crippen molar-refractivity contribution in [3.63, 3.8) is 0 Å². The van der Waals surface area contributed by atoms with Crippen molar-refractivity contribution < 1.29 is 8.42 Å². The smallest absolute Gasteiger partial charge is 0.150 e. The summed E-state index contributed by atoms with van der Waals surface area (Å²) in [5, 5.41) is -0.126. The third-order valence-corrected chi connectivity index (χ3v) is 5.85. The summed E-state index contributed by atoms with van der Waals surface area (Å²) in [6.07, 6.45) is 7.47. The van der Waals surface area contributed by atoms with Crippen LogP contribution >= 0.6 is 0 Å². The quantitative estimate of drug-likeness (QED) is 0.796. The van der Waals surface area contributed by atoms with Gasteiger partial charge in [-0.15, -0.1) is 0 Å². The standard InChI is InChI=1S/C12H24N2O2S/c1-17(15,16)12-6-2-5-11(8-12)14-7-3-4-10(13)9-14/h10-12H,2-9,13H2,1H3. The molecular weight excluding hydrogens is 236 g/mol.